The van der Waals surface area contributed by atoms with E-state index in [9.17, 15) is 13.5 Å². The third-order valence-electron chi connectivity index (χ3n) is 2.19. The number of hydrogen-bond acceptors (Lipinski definition) is 6. The molecule has 2 rings (SSSR count). The zero-order chi connectivity index (χ0) is 13.0. The molecule has 0 saturated carbocycles. The van der Waals surface area contributed by atoms with Crippen molar-refractivity contribution in [3.8, 4) is 5.75 Å². The molecule has 8 heteroatoms. The molecule has 0 aliphatic carbocycles. The van der Waals surface area contributed by atoms with Crippen LogP contribution in [-0.4, -0.2) is 30.2 Å². The first-order valence-corrected chi connectivity index (χ1v) is 6.61. The fourth-order valence-electron chi connectivity index (χ4n) is 1.36. The van der Waals surface area contributed by atoms with Crippen molar-refractivity contribution in [2.24, 2.45) is 0 Å². The summed E-state index contributed by atoms with van der Waals surface area (Å²) < 4.78 is 30.8. The molecule has 0 radical (unpaired) electrons. The van der Waals surface area contributed by atoms with E-state index in [2.05, 4.69) is 14.9 Å². The fraction of sp³-hybridized carbons (Fsp3) is 0.200. The number of phenols is 1. The molecule has 1 aromatic heterocycles. The summed E-state index contributed by atoms with van der Waals surface area (Å²) >= 11 is 0. The predicted octanol–water partition coefficient (Wildman–Crippen LogP) is 0.296. The number of nitrogens with one attached hydrogen (secondary N) is 1. The minimum Gasteiger partial charge on any atom is -0.507 e. The molecule has 0 fully saturated rings. The number of hydrogen-bond donors (Lipinski definition) is 2. The Balaban J connectivity index is 2.02. The summed E-state index contributed by atoms with van der Waals surface area (Å²) in [5.74, 6) is 0.0535. The van der Waals surface area contributed by atoms with Crippen molar-refractivity contribution < 1.29 is 18.0 Å². The summed E-state index contributed by atoms with van der Waals surface area (Å²) in [5, 5.41) is 12.9. The molecule has 0 aliphatic rings. The topological polar surface area (TPSA) is 105 Å². The van der Waals surface area contributed by atoms with Crippen molar-refractivity contribution in [1.29, 1.82) is 0 Å². The number of nitrogens with zero attached hydrogens (tertiary/aromatic N) is 2. The molecule has 0 spiro atoms. The van der Waals surface area contributed by atoms with Crippen molar-refractivity contribution in [2.75, 3.05) is 6.54 Å². The lowest BCUT2D eigenvalue weighted by molar-refractivity contribution is 0.377. The normalized spacial score (nSPS) is 11.6. The number of benzene rings is 1. The van der Waals surface area contributed by atoms with Crippen LogP contribution in [0.4, 0.5) is 0 Å². The van der Waals surface area contributed by atoms with Crippen molar-refractivity contribution in [3.05, 3.63) is 36.5 Å². The van der Waals surface area contributed by atoms with E-state index in [4.69, 9.17) is 4.52 Å². The van der Waals surface area contributed by atoms with Gasteiger partial charge in [-0.15, -0.1) is 0 Å². The van der Waals surface area contributed by atoms with Crippen LogP contribution in [0.3, 0.4) is 0 Å². The lowest BCUT2D eigenvalue weighted by Gasteiger charge is -2.06. The Hall–Kier alpha value is -1.93. The van der Waals surface area contributed by atoms with Gasteiger partial charge in [-0.05, 0) is 12.1 Å². The Kier molecular flexibility index (Phi) is 3.58. The maximum atomic E-state index is 11.8. The number of sulfonamides is 1. The number of para-hydroxylation sites is 1. The van der Waals surface area contributed by atoms with E-state index in [0.29, 0.717) is 5.89 Å². The van der Waals surface area contributed by atoms with Gasteiger partial charge in [-0.25, -0.2) is 13.1 Å². The Morgan fingerprint density at radius 1 is 1.33 bits per heavy atom. The van der Waals surface area contributed by atoms with Gasteiger partial charge < -0.3 is 9.63 Å². The molecule has 18 heavy (non-hydrogen) atoms. The molecule has 2 N–H and O–H groups in total. The van der Waals surface area contributed by atoms with Gasteiger partial charge in [0.15, 0.2) is 6.33 Å². The molecular formula is C10H11N3O4S. The largest absolute Gasteiger partial charge is 0.507 e. The highest BCUT2D eigenvalue weighted by Crippen LogP contribution is 2.20. The highest BCUT2D eigenvalue weighted by molar-refractivity contribution is 7.89. The third-order valence-corrected chi connectivity index (χ3v) is 3.70. The van der Waals surface area contributed by atoms with Gasteiger partial charge in [0.25, 0.3) is 0 Å². The molecule has 1 heterocycles. The Bertz CT molecular complexity index is 610. The molecule has 7 nitrogen and oxygen atoms in total. The Morgan fingerprint density at radius 2 is 2.11 bits per heavy atom. The second kappa shape index (κ2) is 5.15. The number of aromatic nitrogens is 2. The van der Waals surface area contributed by atoms with E-state index in [-0.39, 0.29) is 23.6 Å². The molecular weight excluding hydrogens is 258 g/mol. The molecule has 0 saturated heterocycles. The predicted molar refractivity (Wildman–Crippen MR) is 61.3 cm³/mol. The monoisotopic (exact) mass is 269 g/mol. The van der Waals surface area contributed by atoms with Crippen LogP contribution in [0.15, 0.2) is 40.0 Å². The van der Waals surface area contributed by atoms with Crippen molar-refractivity contribution in [3.63, 3.8) is 0 Å². The van der Waals surface area contributed by atoms with Gasteiger partial charge in [0.1, 0.15) is 10.6 Å². The van der Waals surface area contributed by atoms with E-state index < -0.39 is 10.0 Å². The van der Waals surface area contributed by atoms with Gasteiger partial charge in [-0.2, -0.15) is 4.98 Å². The van der Waals surface area contributed by atoms with Gasteiger partial charge in [0.05, 0.1) is 0 Å². The van der Waals surface area contributed by atoms with E-state index in [1.54, 1.807) is 6.07 Å². The SMILES string of the molecule is O=S(=O)(NCCc1ncno1)c1ccccc1O. The van der Waals surface area contributed by atoms with E-state index in [0.717, 1.165) is 0 Å². The second-order valence-corrected chi connectivity index (χ2v) is 5.19. The highest BCUT2D eigenvalue weighted by Gasteiger charge is 2.17. The molecule has 2 aromatic rings. The fourth-order valence-corrected chi connectivity index (χ4v) is 2.49. The van der Waals surface area contributed by atoms with Crippen LogP contribution in [0.1, 0.15) is 5.89 Å². The number of phenolic OH excluding ortho intramolecular Hbond substituents is 1. The van der Waals surface area contributed by atoms with E-state index in [1.165, 1.54) is 24.5 Å². The number of aromatic hydroxyl groups is 1. The second-order valence-electron chi connectivity index (χ2n) is 3.45. The summed E-state index contributed by atoms with van der Waals surface area (Å²) in [4.78, 5) is 3.61. The van der Waals surface area contributed by atoms with Gasteiger partial charge in [-0.3, -0.25) is 0 Å². The van der Waals surface area contributed by atoms with Crippen LogP contribution >= 0.6 is 0 Å². The Morgan fingerprint density at radius 3 is 2.78 bits per heavy atom. The maximum Gasteiger partial charge on any atom is 0.244 e. The first-order valence-electron chi connectivity index (χ1n) is 5.13. The minimum atomic E-state index is -3.73. The standard InChI is InChI=1S/C10H11N3O4S/c14-8-3-1-2-4-9(8)18(15,16)13-6-5-10-11-7-12-17-10/h1-4,7,13-14H,5-6H2. The quantitative estimate of drug-likeness (QED) is 0.808. The average molecular weight is 269 g/mol. The van der Waals surface area contributed by atoms with Crippen LogP contribution in [0.5, 0.6) is 5.75 Å². The summed E-state index contributed by atoms with van der Waals surface area (Å²) in [6.07, 6.45) is 1.53. The molecule has 0 unspecified atom stereocenters. The summed E-state index contributed by atoms with van der Waals surface area (Å²) in [5.41, 5.74) is 0. The zero-order valence-corrected chi connectivity index (χ0v) is 10.1. The smallest absolute Gasteiger partial charge is 0.244 e. The average Bonchev–Trinajstić information content (AvgIpc) is 2.82. The number of rotatable bonds is 5. The summed E-state index contributed by atoms with van der Waals surface area (Å²) in [7, 11) is -3.73. The highest BCUT2D eigenvalue weighted by atomic mass is 32.2. The first-order chi connectivity index (χ1) is 8.59. The minimum absolute atomic E-state index is 0.110. The van der Waals surface area contributed by atoms with Crippen molar-refractivity contribution >= 4 is 10.0 Å². The van der Waals surface area contributed by atoms with E-state index >= 15 is 0 Å². The molecule has 96 valence electrons. The van der Waals surface area contributed by atoms with Gasteiger partial charge in [0, 0.05) is 13.0 Å². The summed E-state index contributed by atoms with van der Waals surface area (Å²) in [6.45, 7) is 0.110. The van der Waals surface area contributed by atoms with Crippen molar-refractivity contribution in [1.82, 2.24) is 14.9 Å². The van der Waals surface area contributed by atoms with Crippen LogP contribution < -0.4 is 4.72 Å². The lowest BCUT2D eigenvalue weighted by atomic mass is 10.3. The van der Waals surface area contributed by atoms with Crippen LogP contribution in [-0.2, 0) is 16.4 Å². The zero-order valence-electron chi connectivity index (χ0n) is 9.28. The van der Waals surface area contributed by atoms with Gasteiger partial charge in [0.2, 0.25) is 15.9 Å². The molecule has 0 bridgehead atoms. The molecule has 0 aliphatic heterocycles. The summed E-state index contributed by atoms with van der Waals surface area (Å²) in [6, 6.07) is 5.72. The lowest BCUT2D eigenvalue weighted by Crippen LogP contribution is -2.26. The maximum absolute atomic E-state index is 11.8. The van der Waals surface area contributed by atoms with Crippen LogP contribution in [0.25, 0.3) is 0 Å². The molecule has 0 atom stereocenters. The van der Waals surface area contributed by atoms with Crippen LogP contribution in [0.2, 0.25) is 0 Å². The van der Waals surface area contributed by atoms with Gasteiger partial charge >= 0.3 is 0 Å². The van der Waals surface area contributed by atoms with E-state index in [1.807, 2.05) is 0 Å². The van der Waals surface area contributed by atoms with Gasteiger partial charge in [-0.1, -0.05) is 17.3 Å². The van der Waals surface area contributed by atoms with Crippen LogP contribution in [0, 0.1) is 0 Å². The Labute approximate surface area is 104 Å². The van der Waals surface area contributed by atoms with Crippen molar-refractivity contribution in [2.45, 2.75) is 11.3 Å². The first kappa shape index (κ1) is 12.5. The third kappa shape index (κ3) is 2.84. The molecule has 1 aromatic carbocycles. The molecule has 0 amide bonds.